The number of oxime groups is 1. The van der Waals surface area contributed by atoms with Crippen LogP contribution in [0.25, 0.3) is 0 Å². The molecule has 100 valence electrons. The van der Waals surface area contributed by atoms with Gasteiger partial charge in [0.25, 0.3) is 8.32 Å². The van der Waals surface area contributed by atoms with Crippen molar-refractivity contribution >= 4 is 28.3 Å². The molecule has 8 heteroatoms. The first-order chi connectivity index (χ1) is 7.49. The van der Waals surface area contributed by atoms with E-state index in [-0.39, 0.29) is 12.3 Å². The molecule has 0 aromatic rings. The Labute approximate surface area is 105 Å². The minimum Gasteiger partial charge on any atom is -0.454 e. The number of nitrogens with zero attached hydrogens (tertiary/aromatic N) is 1. The number of nitrogens with one attached hydrogen (secondary N) is 2. The zero-order chi connectivity index (χ0) is 13.7. The summed E-state index contributed by atoms with van der Waals surface area (Å²) < 4.78 is 10.9. The first kappa shape index (κ1) is 16.1. The Morgan fingerprint density at radius 1 is 1.18 bits per heavy atom. The van der Waals surface area contributed by atoms with Crippen molar-refractivity contribution in [2.24, 2.45) is 10.9 Å². The van der Waals surface area contributed by atoms with E-state index in [0.29, 0.717) is 5.84 Å². The van der Waals surface area contributed by atoms with Crippen LogP contribution in [0.1, 0.15) is 6.42 Å². The molecule has 6 nitrogen and oxygen atoms in total. The van der Waals surface area contributed by atoms with Gasteiger partial charge < -0.3 is 14.8 Å². The Kier molecular flexibility index (Phi) is 5.86. The Hall–Kier alpha value is -0.866. The molecule has 0 bridgehead atoms. The van der Waals surface area contributed by atoms with Gasteiger partial charge in [-0.2, -0.15) is 0 Å². The molecule has 17 heavy (non-hydrogen) atoms. The van der Waals surface area contributed by atoms with E-state index in [1.165, 1.54) is 0 Å². The molecule has 0 fully saturated rings. The Balaban J connectivity index is 4.48. The van der Waals surface area contributed by atoms with Crippen LogP contribution in [-0.2, 0) is 9.05 Å². The van der Waals surface area contributed by atoms with Crippen LogP contribution in [0.3, 0.4) is 0 Å². The second kappa shape index (κ2) is 6.17. The molecule has 0 aliphatic rings. The van der Waals surface area contributed by atoms with Gasteiger partial charge in [-0.05, 0) is 39.3 Å². The van der Waals surface area contributed by atoms with Crippen LogP contribution in [0.5, 0.6) is 0 Å². The standard InChI is InChI=1S/C9H24N4O2Si2/c1-16(2,3)14-12-9(7-8(10)11)13-15-17(4,5)6/h7H2,1-6H3,(H3,10,11)(H,12,13). The number of amidine groups is 2. The molecule has 0 saturated heterocycles. The minimum atomic E-state index is -1.73. The fraction of sp³-hybridized carbons (Fsp3) is 0.778. The fourth-order valence-electron chi connectivity index (χ4n) is 0.671. The van der Waals surface area contributed by atoms with Crippen molar-refractivity contribution in [1.29, 1.82) is 5.41 Å². The summed E-state index contributed by atoms with van der Waals surface area (Å²) in [6.07, 6.45) is 0.203. The molecule has 0 spiro atoms. The molecular weight excluding hydrogens is 252 g/mol. The maximum absolute atomic E-state index is 7.26. The number of nitrogens with two attached hydrogens (primary N) is 1. The maximum Gasteiger partial charge on any atom is 0.278 e. The number of hydrogen-bond donors (Lipinski definition) is 3. The number of hydroxylamine groups is 1. The van der Waals surface area contributed by atoms with E-state index in [1.807, 2.05) is 39.3 Å². The highest BCUT2D eigenvalue weighted by Gasteiger charge is 2.19. The summed E-state index contributed by atoms with van der Waals surface area (Å²) in [6.45, 7) is 12.2. The number of rotatable bonds is 6. The second-order valence-electron chi connectivity index (χ2n) is 5.76. The predicted octanol–water partition coefficient (Wildman–Crippen LogP) is 1.83. The van der Waals surface area contributed by atoms with E-state index in [9.17, 15) is 0 Å². The lowest BCUT2D eigenvalue weighted by Gasteiger charge is -2.20. The van der Waals surface area contributed by atoms with Gasteiger partial charge in [-0.25, -0.2) is 0 Å². The molecule has 0 amide bonds. The van der Waals surface area contributed by atoms with E-state index in [4.69, 9.17) is 20.2 Å². The average Bonchev–Trinajstić information content (AvgIpc) is 2.06. The van der Waals surface area contributed by atoms with Crippen molar-refractivity contribution in [1.82, 2.24) is 5.48 Å². The third kappa shape index (κ3) is 11.4. The first-order valence-electron chi connectivity index (χ1n) is 5.51. The van der Waals surface area contributed by atoms with Crippen LogP contribution in [0.15, 0.2) is 5.16 Å². The highest BCUT2D eigenvalue weighted by molar-refractivity contribution is 6.70. The Bertz CT molecular complexity index is 294. The van der Waals surface area contributed by atoms with Gasteiger partial charge in [0.1, 0.15) is 0 Å². The average molecular weight is 276 g/mol. The highest BCUT2D eigenvalue weighted by atomic mass is 28.4. The van der Waals surface area contributed by atoms with Crippen molar-refractivity contribution in [3.05, 3.63) is 0 Å². The monoisotopic (exact) mass is 276 g/mol. The van der Waals surface area contributed by atoms with E-state index in [1.54, 1.807) is 0 Å². The topological polar surface area (TPSA) is 92.7 Å². The largest absolute Gasteiger partial charge is 0.454 e. The molecule has 0 saturated carbocycles. The fourth-order valence-corrected chi connectivity index (χ4v) is 1.48. The number of hydrogen-bond acceptors (Lipinski definition) is 4. The molecule has 0 heterocycles. The molecule has 0 aromatic heterocycles. The van der Waals surface area contributed by atoms with Crippen molar-refractivity contribution < 1.29 is 9.05 Å². The summed E-state index contributed by atoms with van der Waals surface area (Å²) in [5.74, 6) is 0.469. The van der Waals surface area contributed by atoms with E-state index in [2.05, 4.69) is 10.6 Å². The molecule has 0 radical (unpaired) electrons. The summed E-state index contributed by atoms with van der Waals surface area (Å²) >= 11 is 0. The quantitative estimate of drug-likeness (QED) is 0.299. The third-order valence-corrected chi connectivity index (χ3v) is 2.62. The van der Waals surface area contributed by atoms with Crippen LogP contribution < -0.4 is 11.2 Å². The van der Waals surface area contributed by atoms with Gasteiger partial charge in [0.2, 0.25) is 8.32 Å². The van der Waals surface area contributed by atoms with Gasteiger partial charge in [-0.1, -0.05) is 5.16 Å². The molecule has 4 N–H and O–H groups in total. The lowest BCUT2D eigenvalue weighted by atomic mass is 10.4. The summed E-state index contributed by atoms with van der Waals surface area (Å²) in [7, 11) is -3.42. The van der Waals surface area contributed by atoms with Crippen molar-refractivity contribution in [2.75, 3.05) is 0 Å². The first-order valence-corrected chi connectivity index (χ1v) is 12.3. The molecule has 0 atom stereocenters. The summed E-state index contributed by atoms with van der Waals surface area (Å²) in [5, 5.41) is 11.2. The molecule has 0 aliphatic carbocycles. The third-order valence-electron chi connectivity index (χ3n) is 1.26. The summed E-state index contributed by atoms with van der Waals surface area (Å²) in [4.78, 5) is 0. The van der Waals surface area contributed by atoms with Crippen LogP contribution in [-0.4, -0.2) is 28.3 Å². The SMILES string of the molecule is C[Si](C)(C)ON=C(CC(=N)N)NO[Si](C)(C)C. The van der Waals surface area contributed by atoms with Gasteiger partial charge in [-0.15, -0.1) is 0 Å². The Morgan fingerprint density at radius 2 is 1.71 bits per heavy atom. The zero-order valence-corrected chi connectivity index (χ0v) is 13.5. The lowest BCUT2D eigenvalue weighted by Crippen LogP contribution is -2.39. The van der Waals surface area contributed by atoms with Crippen molar-refractivity contribution in [2.45, 2.75) is 45.7 Å². The summed E-state index contributed by atoms with van der Waals surface area (Å²) in [6, 6.07) is 0. The van der Waals surface area contributed by atoms with Gasteiger partial charge >= 0.3 is 0 Å². The van der Waals surface area contributed by atoms with Crippen LogP contribution in [0.4, 0.5) is 0 Å². The highest BCUT2D eigenvalue weighted by Crippen LogP contribution is 2.04. The van der Waals surface area contributed by atoms with Gasteiger partial charge in [0.15, 0.2) is 5.84 Å². The maximum atomic E-state index is 7.26. The Morgan fingerprint density at radius 3 is 2.06 bits per heavy atom. The van der Waals surface area contributed by atoms with E-state index >= 15 is 0 Å². The summed E-state index contributed by atoms with van der Waals surface area (Å²) in [5.41, 5.74) is 8.10. The smallest absolute Gasteiger partial charge is 0.278 e. The lowest BCUT2D eigenvalue weighted by molar-refractivity contribution is 0.241. The van der Waals surface area contributed by atoms with Crippen LogP contribution in [0.2, 0.25) is 39.3 Å². The van der Waals surface area contributed by atoms with Gasteiger partial charge in [-0.3, -0.25) is 10.9 Å². The molecule has 0 unspecified atom stereocenters. The van der Waals surface area contributed by atoms with Gasteiger partial charge in [0, 0.05) is 0 Å². The molecule has 0 aliphatic heterocycles. The minimum absolute atomic E-state index is 0.0228. The predicted molar refractivity (Wildman–Crippen MR) is 76.0 cm³/mol. The van der Waals surface area contributed by atoms with E-state index in [0.717, 1.165) is 0 Å². The van der Waals surface area contributed by atoms with Crippen LogP contribution in [0, 0.1) is 5.41 Å². The second-order valence-corrected chi connectivity index (χ2v) is 14.6. The van der Waals surface area contributed by atoms with Crippen LogP contribution >= 0.6 is 0 Å². The van der Waals surface area contributed by atoms with Crippen molar-refractivity contribution in [3.63, 3.8) is 0 Å². The van der Waals surface area contributed by atoms with E-state index < -0.39 is 16.6 Å². The van der Waals surface area contributed by atoms with Crippen molar-refractivity contribution in [3.8, 4) is 0 Å². The molecule has 0 rings (SSSR count). The van der Waals surface area contributed by atoms with Gasteiger partial charge in [0.05, 0.1) is 12.3 Å². The molecular formula is C9H24N4O2Si2. The molecule has 0 aromatic carbocycles. The normalized spacial score (nSPS) is 13.4. The zero-order valence-electron chi connectivity index (χ0n) is 11.5.